The van der Waals surface area contributed by atoms with Crippen LogP contribution in [0.15, 0.2) is 108 Å². The number of alkyl halides is 3. The molecule has 1 N–H and O–H groups in total. The van der Waals surface area contributed by atoms with Crippen LogP contribution in [0.3, 0.4) is 0 Å². The Morgan fingerprint density at radius 2 is 1.46 bits per heavy atom. The maximum absolute atomic E-state index is 14.5. The van der Waals surface area contributed by atoms with E-state index in [-0.39, 0.29) is 28.8 Å². The Hall–Kier alpha value is -4.06. The molecule has 0 unspecified atom stereocenters. The molecule has 7 nitrogen and oxygen atoms in total. The van der Waals surface area contributed by atoms with Gasteiger partial charge in [-0.25, -0.2) is 8.42 Å². The van der Waals surface area contributed by atoms with Gasteiger partial charge in [0.15, 0.2) is 0 Å². The first-order valence-electron chi connectivity index (χ1n) is 15.0. The Bertz CT molecular complexity index is 1830. The van der Waals surface area contributed by atoms with E-state index in [1.54, 1.807) is 60.7 Å². The lowest BCUT2D eigenvalue weighted by molar-refractivity contribution is -0.140. The van der Waals surface area contributed by atoms with E-state index in [9.17, 15) is 31.2 Å². The first kappa shape index (κ1) is 36.8. The molecule has 4 aromatic rings. The van der Waals surface area contributed by atoms with Gasteiger partial charge in [-0.3, -0.25) is 13.9 Å². The highest BCUT2D eigenvalue weighted by molar-refractivity contribution is 7.92. The minimum Gasteiger partial charge on any atom is -0.354 e. The van der Waals surface area contributed by atoms with Crippen molar-refractivity contribution >= 4 is 50.7 Å². The number of benzene rings is 4. The van der Waals surface area contributed by atoms with E-state index in [0.717, 1.165) is 17.7 Å². The number of nitrogens with zero attached hydrogens (tertiary/aromatic N) is 2. The molecule has 4 rings (SSSR count). The van der Waals surface area contributed by atoms with E-state index in [2.05, 4.69) is 5.32 Å². The third-order valence-corrected chi connectivity index (χ3v) is 9.68. The minimum absolute atomic E-state index is 0.0623. The average Bonchev–Trinajstić information content (AvgIpc) is 3.04. The molecule has 0 aliphatic heterocycles. The molecule has 254 valence electrons. The number of nitrogens with one attached hydrogen (secondary N) is 1. The first-order chi connectivity index (χ1) is 22.7. The van der Waals surface area contributed by atoms with Crippen molar-refractivity contribution in [3.63, 3.8) is 0 Å². The predicted molar refractivity (Wildman–Crippen MR) is 181 cm³/mol. The Morgan fingerprint density at radius 1 is 0.833 bits per heavy atom. The van der Waals surface area contributed by atoms with E-state index >= 15 is 0 Å². The van der Waals surface area contributed by atoms with Gasteiger partial charge in [-0.15, -0.1) is 0 Å². The molecule has 48 heavy (non-hydrogen) atoms. The van der Waals surface area contributed by atoms with Crippen molar-refractivity contribution in [3.05, 3.63) is 130 Å². The van der Waals surface area contributed by atoms with Gasteiger partial charge in [0.2, 0.25) is 11.8 Å². The zero-order chi connectivity index (χ0) is 35.1. The van der Waals surface area contributed by atoms with Gasteiger partial charge in [0, 0.05) is 24.5 Å². The first-order valence-corrected chi connectivity index (χ1v) is 17.2. The van der Waals surface area contributed by atoms with Gasteiger partial charge in [0.1, 0.15) is 12.6 Å². The van der Waals surface area contributed by atoms with Crippen LogP contribution in [0.25, 0.3) is 0 Å². The number of hydrogen-bond donors (Lipinski definition) is 1. The third-order valence-electron chi connectivity index (χ3n) is 7.35. The van der Waals surface area contributed by atoms with Crippen molar-refractivity contribution in [2.24, 2.45) is 5.92 Å². The second-order valence-electron chi connectivity index (χ2n) is 11.5. The highest BCUT2D eigenvalue weighted by atomic mass is 35.5. The summed E-state index contributed by atoms with van der Waals surface area (Å²) in [6.07, 6.45) is -4.77. The molecule has 0 saturated carbocycles. The molecule has 0 radical (unpaired) electrons. The smallest absolute Gasteiger partial charge is 0.354 e. The number of amides is 2. The van der Waals surface area contributed by atoms with E-state index in [1.807, 2.05) is 13.8 Å². The highest BCUT2D eigenvalue weighted by Gasteiger charge is 2.37. The molecule has 0 aromatic heterocycles. The lowest BCUT2D eigenvalue weighted by Gasteiger charge is -2.34. The number of hydrogen-bond acceptors (Lipinski definition) is 4. The second-order valence-corrected chi connectivity index (χ2v) is 14.2. The Labute approximate surface area is 288 Å². The summed E-state index contributed by atoms with van der Waals surface area (Å²) in [5, 5.41) is 2.91. The summed E-state index contributed by atoms with van der Waals surface area (Å²) >= 11 is 12.6. The SMILES string of the molecule is CC(C)CNC(=O)[C@H](Cc1ccccc1)N(Cc1cccc(Cl)c1)C(=O)CN(c1cc(C(F)(F)F)ccc1Cl)S(=O)(=O)c1ccccc1. The molecule has 0 aliphatic rings. The fourth-order valence-corrected chi connectivity index (χ4v) is 6.85. The largest absolute Gasteiger partial charge is 0.416 e. The molecular formula is C35H34Cl2F3N3O4S. The molecule has 13 heteroatoms. The Kier molecular flexibility index (Phi) is 12.2. The quantitative estimate of drug-likeness (QED) is 0.154. The van der Waals surface area contributed by atoms with Crippen LogP contribution in [-0.2, 0) is 38.8 Å². The van der Waals surface area contributed by atoms with Crippen molar-refractivity contribution in [2.75, 3.05) is 17.4 Å². The molecule has 0 bridgehead atoms. The highest BCUT2D eigenvalue weighted by Crippen LogP contribution is 2.37. The summed E-state index contributed by atoms with van der Waals surface area (Å²) in [7, 11) is -4.66. The summed E-state index contributed by atoms with van der Waals surface area (Å²) in [6, 6.07) is 23.6. The maximum Gasteiger partial charge on any atom is 0.416 e. The number of carbonyl (C=O) groups excluding carboxylic acids is 2. The number of carbonyl (C=O) groups is 2. The normalized spacial score (nSPS) is 12.4. The van der Waals surface area contributed by atoms with Gasteiger partial charge in [-0.2, -0.15) is 13.2 Å². The zero-order valence-corrected chi connectivity index (χ0v) is 28.5. The topological polar surface area (TPSA) is 86.8 Å². The van der Waals surface area contributed by atoms with Crippen LogP contribution >= 0.6 is 23.2 Å². The van der Waals surface area contributed by atoms with Crippen molar-refractivity contribution in [3.8, 4) is 0 Å². The predicted octanol–water partition coefficient (Wildman–Crippen LogP) is 7.62. The molecule has 1 atom stereocenters. The number of rotatable bonds is 13. The summed E-state index contributed by atoms with van der Waals surface area (Å²) in [6.45, 7) is 2.99. The van der Waals surface area contributed by atoms with Gasteiger partial charge < -0.3 is 10.2 Å². The summed E-state index contributed by atoms with van der Waals surface area (Å²) in [5.74, 6) is -1.26. The molecule has 0 aliphatic carbocycles. The van der Waals surface area contributed by atoms with Crippen LogP contribution < -0.4 is 9.62 Å². The molecule has 4 aromatic carbocycles. The van der Waals surface area contributed by atoms with Crippen LogP contribution in [0, 0.1) is 5.92 Å². The van der Waals surface area contributed by atoms with Crippen LogP contribution in [0.5, 0.6) is 0 Å². The fraction of sp³-hybridized carbons (Fsp3) is 0.257. The minimum atomic E-state index is -4.83. The van der Waals surface area contributed by atoms with Crippen LogP contribution in [0.2, 0.25) is 10.0 Å². The number of sulfonamides is 1. The monoisotopic (exact) mass is 719 g/mol. The molecule has 0 fully saturated rings. The standard InChI is InChI=1S/C35H34Cl2F3N3O4S/c1-24(2)21-41-34(45)32(19-25-10-5-3-6-11-25)42(22-26-12-9-13-28(36)18-26)33(44)23-43(48(46,47)29-14-7-4-8-15-29)31-20-27(35(38,39)40)16-17-30(31)37/h3-18,20,24,32H,19,21-23H2,1-2H3,(H,41,45)/t32-/m0/s1. The van der Waals surface area contributed by atoms with Crippen LogP contribution in [-0.4, -0.2) is 44.3 Å². The van der Waals surface area contributed by atoms with Crippen LogP contribution in [0.1, 0.15) is 30.5 Å². The van der Waals surface area contributed by atoms with Crippen molar-refractivity contribution in [1.82, 2.24) is 10.2 Å². The number of anilines is 1. The summed E-state index contributed by atoms with van der Waals surface area (Å²) in [4.78, 5) is 29.3. The van der Waals surface area contributed by atoms with Crippen LogP contribution in [0.4, 0.5) is 18.9 Å². The average molecular weight is 721 g/mol. The summed E-state index contributed by atoms with van der Waals surface area (Å²) in [5.41, 5.74) is -0.440. The lowest BCUT2D eigenvalue weighted by Crippen LogP contribution is -2.53. The molecule has 0 heterocycles. The zero-order valence-electron chi connectivity index (χ0n) is 26.1. The maximum atomic E-state index is 14.5. The van der Waals surface area contributed by atoms with Crippen molar-refractivity contribution < 1.29 is 31.2 Å². The molecule has 2 amide bonds. The van der Waals surface area contributed by atoms with Crippen molar-refractivity contribution in [1.29, 1.82) is 0 Å². The fourth-order valence-electron chi connectivity index (χ4n) is 4.92. The third kappa shape index (κ3) is 9.52. The van der Waals surface area contributed by atoms with E-state index in [0.29, 0.717) is 27.5 Å². The van der Waals surface area contributed by atoms with E-state index in [4.69, 9.17) is 23.2 Å². The Balaban J connectivity index is 1.86. The van der Waals surface area contributed by atoms with Gasteiger partial charge >= 0.3 is 6.18 Å². The van der Waals surface area contributed by atoms with E-state index < -0.39 is 51.9 Å². The molecular weight excluding hydrogens is 686 g/mol. The Morgan fingerprint density at radius 3 is 2.06 bits per heavy atom. The summed E-state index contributed by atoms with van der Waals surface area (Å²) < 4.78 is 70.3. The molecule has 0 spiro atoms. The van der Waals surface area contributed by atoms with E-state index in [1.165, 1.54) is 29.2 Å². The van der Waals surface area contributed by atoms with Gasteiger partial charge in [-0.1, -0.05) is 97.7 Å². The lowest BCUT2D eigenvalue weighted by atomic mass is 10.0. The van der Waals surface area contributed by atoms with Gasteiger partial charge in [-0.05, 0) is 59.5 Å². The second kappa shape index (κ2) is 15.9. The number of halogens is 5. The van der Waals surface area contributed by atoms with Crippen molar-refractivity contribution in [2.45, 2.75) is 43.9 Å². The van der Waals surface area contributed by atoms with Gasteiger partial charge in [0.05, 0.1) is 21.2 Å². The van der Waals surface area contributed by atoms with Gasteiger partial charge in [0.25, 0.3) is 10.0 Å². The molecule has 0 saturated heterocycles.